The van der Waals surface area contributed by atoms with Crippen molar-refractivity contribution >= 4 is 28.9 Å². The Hall–Kier alpha value is -2.60. The fourth-order valence-electron chi connectivity index (χ4n) is 3.72. The largest absolute Gasteiger partial charge is 0.508 e. The Morgan fingerprint density at radius 2 is 1.90 bits per heavy atom. The summed E-state index contributed by atoms with van der Waals surface area (Å²) >= 11 is 12.5. The lowest BCUT2D eigenvalue weighted by Gasteiger charge is -2.31. The summed E-state index contributed by atoms with van der Waals surface area (Å²) in [6.45, 7) is 2.50. The molecule has 1 aliphatic rings. The maximum atomic E-state index is 14.7. The van der Waals surface area contributed by atoms with E-state index in [1.54, 1.807) is 30.3 Å². The molecule has 7 heteroatoms. The third kappa shape index (κ3) is 4.69. The second-order valence-electron chi connectivity index (χ2n) is 7.20. The lowest BCUT2D eigenvalue weighted by Crippen LogP contribution is -2.33. The quantitative estimate of drug-likeness (QED) is 0.461. The van der Waals surface area contributed by atoms with Crippen molar-refractivity contribution < 1.29 is 14.2 Å². The minimum absolute atomic E-state index is 0.105. The van der Waals surface area contributed by atoms with Crippen LogP contribution in [0.3, 0.4) is 0 Å². The topological polar surface area (TPSA) is 53.8 Å². The molecular formula is C24H21Cl2FN2O2. The van der Waals surface area contributed by atoms with Crippen LogP contribution in [0.5, 0.6) is 11.5 Å². The summed E-state index contributed by atoms with van der Waals surface area (Å²) in [5, 5.41) is 14.5. The van der Waals surface area contributed by atoms with Gasteiger partial charge in [-0.05, 0) is 67.1 Å². The number of phenols is 1. The van der Waals surface area contributed by atoms with E-state index in [1.165, 1.54) is 6.07 Å². The third-order valence-corrected chi connectivity index (χ3v) is 5.74. The highest BCUT2D eigenvalue weighted by Gasteiger charge is 2.30. The van der Waals surface area contributed by atoms with Gasteiger partial charge in [0.15, 0.2) is 0 Å². The number of nitrogens with zero attached hydrogens (tertiary/aromatic N) is 1. The van der Waals surface area contributed by atoms with Crippen LogP contribution in [-0.4, -0.2) is 17.4 Å². The van der Waals surface area contributed by atoms with Gasteiger partial charge in [0.1, 0.15) is 23.5 Å². The molecule has 1 heterocycles. The van der Waals surface area contributed by atoms with Crippen molar-refractivity contribution in [2.75, 3.05) is 6.61 Å². The van der Waals surface area contributed by atoms with Crippen LogP contribution in [0.1, 0.15) is 42.2 Å². The number of halogens is 3. The Morgan fingerprint density at radius 1 is 1.13 bits per heavy atom. The average Bonchev–Trinajstić information content (AvgIpc) is 2.76. The van der Waals surface area contributed by atoms with Crippen LogP contribution in [-0.2, 0) is 0 Å². The predicted octanol–water partition coefficient (Wildman–Crippen LogP) is 6.46. The SMILES string of the molecule is CCOc1ccc(C2=N[C@H](c3c(F)cccc3Cl)N[C@H](c3cc(Cl)ccc3O)C2)cc1. The Balaban J connectivity index is 1.78. The van der Waals surface area contributed by atoms with E-state index >= 15 is 0 Å². The van der Waals surface area contributed by atoms with E-state index in [-0.39, 0.29) is 22.4 Å². The van der Waals surface area contributed by atoms with Crippen LogP contribution in [0, 0.1) is 5.82 Å². The van der Waals surface area contributed by atoms with Crippen LogP contribution in [0.2, 0.25) is 10.0 Å². The molecule has 3 aromatic carbocycles. The molecule has 0 aromatic heterocycles. The molecule has 0 bridgehead atoms. The van der Waals surface area contributed by atoms with Crippen molar-refractivity contribution in [2.24, 2.45) is 4.99 Å². The van der Waals surface area contributed by atoms with Crippen molar-refractivity contribution in [3.8, 4) is 11.5 Å². The summed E-state index contributed by atoms with van der Waals surface area (Å²) in [6.07, 6.45) is -0.253. The zero-order valence-corrected chi connectivity index (χ0v) is 18.3. The van der Waals surface area contributed by atoms with Gasteiger partial charge in [0.2, 0.25) is 0 Å². The molecule has 0 spiro atoms. The molecule has 0 saturated carbocycles. The van der Waals surface area contributed by atoms with E-state index in [0.717, 1.165) is 17.0 Å². The van der Waals surface area contributed by atoms with Crippen LogP contribution in [0.4, 0.5) is 4.39 Å². The smallest absolute Gasteiger partial charge is 0.131 e. The van der Waals surface area contributed by atoms with Gasteiger partial charge >= 0.3 is 0 Å². The molecule has 2 N–H and O–H groups in total. The summed E-state index contributed by atoms with van der Waals surface area (Å²) in [5.41, 5.74) is 2.52. The first kappa shape index (κ1) is 21.6. The molecule has 1 aliphatic heterocycles. The van der Waals surface area contributed by atoms with Gasteiger partial charge in [0, 0.05) is 34.3 Å². The first-order chi connectivity index (χ1) is 15.0. The molecule has 3 aromatic rings. The molecule has 0 fully saturated rings. The van der Waals surface area contributed by atoms with E-state index < -0.39 is 12.0 Å². The molecule has 0 unspecified atom stereocenters. The molecule has 2 atom stereocenters. The molecule has 31 heavy (non-hydrogen) atoms. The van der Waals surface area contributed by atoms with Gasteiger partial charge in [-0.2, -0.15) is 0 Å². The van der Waals surface area contributed by atoms with Crippen LogP contribution < -0.4 is 10.1 Å². The highest BCUT2D eigenvalue weighted by Crippen LogP contribution is 2.38. The third-order valence-electron chi connectivity index (χ3n) is 5.18. The summed E-state index contributed by atoms with van der Waals surface area (Å²) in [4.78, 5) is 4.77. The molecular weight excluding hydrogens is 438 g/mol. The van der Waals surface area contributed by atoms with E-state index in [2.05, 4.69) is 5.32 Å². The van der Waals surface area contributed by atoms with E-state index in [9.17, 15) is 9.50 Å². The van der Waals surface area contributed by atoms with Gasteiger partial charge in [-0.3, -0.25) is 10.3 Å². The second kappa shape index (κ2) is 9.27. The van der Waals surface area contributed by atoms with E-state index in [0.29, 0.717) is 23.6 Å². The normalized spacial score (nSPS) is 18.5. The number of hydrogen-bond acceptors (Lipinski definition) is 4. The molecule has 0 amide bonds. The zero-order chi connectivity index (χ0) is 22.0. The van der Waals surface area contributed by atoms with Crippen molar-refractivity contribution in [3.63, 3.8) is 0 Å². The lowest BCUT2D eigenvalue weighted by molar-refractivity contribution is 0.340. The summed E-state index contributed by atoms with van der Waals surface area (Å²) in [6, 6.07) is 16.7. The molecule has 4 nitrogen and oxygen atoms in total. The van der Waals surface area contributed by atoms with Crippen molar-refractivity contribution in [1.29, 1.82) is 0 Å². The lowest BCUT2D eigenvalue weighted by atomic mass is 9.93. The number of phenolic OH excluding ortho intramolecular Hbond substituents is 1. The van der Waals surface area contributed by atoms with Gasteiger partial charge in [-0.1, -0.05) is 29.3 Å². The van der Waals surface area contributed by atoms with Crippen molar-refractivity contribution in [1.82, 2.24) is 5.32 Å². The molecule has 0 saturated heterocycles. The van der Waals surface area contributed by atoms with E-state index in [1.807, 2.05) is 31.2 Å². The highest BCUT2D eigenvalue weighted by atomic mass is 35.5. The number of aliphatic imine (C=N–C) groups is 1. The van der Waals surface area contributed by atoms with Crippen molar-refractivity contribution in [3.05, 3.63) is 93.2 Å². The summed E-state index contributed by atoms with van der Waals surface area (Å²) in [7, 11) is 0. The monoisotopic (exact) mass is 458 g/mol. The maximum Gasteiger partial charge on any atom is 0.131 e. The minimum atomic E-state index is -0.729. The Morgan fingerprint density at radius 3 is 2.61 bits per heavy atom. The fourth-order valence-corrected chi connectivity index (χ4v) is 4.16. The second-order valence-corrected chi connectivity index (χ2v) is 8.04. The zero-order valence-electron chi connectivity index (χ0n) is 16.8. The van der Waals surface area contributed by atoms with E-state index in [4.69, 9.17) is 32.9 Å². The Bertz CT molecular complexity index is 1100. The molecule has 0 aliphatic carbocycles. The minimum Gasteiger partial charge on any atom is -0.508 e. The summed E-state index contributed by atoms with van der Waals surface area (Å²) in [5.74, 6) is 0.419. The average molecular weight is 459 g/mol. The molecule has 0 radical (unpaired) electrons. The Kier molecular flexibility index (Phi) is 6.46. The van der Waals surface area contributed by atoms with Crippen LogP contribution in [0.15, 0.2) is 65.7 Å². The van der Waals surface area contributed by atoms with Crippen LogP contribution >= 0.6 is 23.2 Å². The number of aromatic hydroxyl groups is 1. The molecule has 160 valence electrons. The number of hydrogen-bond donors (Lipinski definition) is 2. The summed E-state index contributed by atoms with van der Waals surface area (Å²) < 4.78 is 20.2. The number of benzene rings is 3. The maximum absolute atomic E-state index is 14.7. The fraction of sp³-hybridized carbons (Fsp3) is 0.208. The first-order valence-corrected chi connectivity index (χ1v) is 10.7. The number of ether oxygens (including phenoxy) is 1. The predicted molar refractivity (Wildman–Crippen MR) is 122 cm³/mol. The van der Waals surface area contributed by atoms with Gasteiger partial charge < -0.3 is 9.84 Å². The first-order valence-electron chi connectivity index (χ1n) is 9.94. The number of nitrogens with one attached hydrogen (secondary N) is 1. The standard InChI is InChI=1S/C24H21Cl2FN2O2/c1-2-31-16-9-6-14(7-10-16)20-13-21(17-12-15(25)8-11-22(17)30)29-24(28-20)23-18(26)4-3-5-19(23)27/h3-12,21,24,29-30H,2,13H2,1H3/t21-,24-/m0/s1. The van der Waals surface area contributed by atoms with Crippen molar-refractivity contribution in [2.45, 2.75) is 25.6 Å². The molecule has 4 rings (SSSR count). The van der Waals surface area contributed by atoms with Crippen LogP contribution in [0.25, 0.3) is 0 Å². The van der Waals surface area contributed by atoms with Gasteiger partial charge in [0.25, 0.3) is 0 Å². The van der Waals surface area contributed by atoms with Gasteiger partial charge in [0.05, 0.1) is 11.6 Å². The highest BCUT2D eigenvalue weighted by molar-refractivity contribution is 6.31. The Labute approximate surface area is 190 Å². The number of rotatable bonds is 5. The van der Waals surface area contributed by atoms with Gasteiger partial charge in [-0.15, -0.1) is 0 Å². The van der Waals surface area contributed by atoms with Gasteiger partial charge in [-0.25, -0.2) is 4.39 Å².